The quantitative estimate of drug-likeness (QED) is 0.610. The average Bonchev–Trinajstić information content (AvgIpc) is 2.98. The fourth-order valence-corrected chi connectivity index (χ4v) is 3.33. The van der Waals surface area contributed by atoms with Crippen LogP contribution in [0.2, 0.25) is 5.02 Å². The summed E-state index contributed by atoms with van der Waals surface area (Å²) in [5.74, 6) is -3.52. The number of Topliss-reactive ketones (excluding diaryl/α,β-unsaturated/α-hetero) is 1. The highest BCUT2D eigenvalue weighted by atomic mass is 35.5. The Morgan fingerprint density at radius 3 is 2.13 bits per heavy atom. The van der Waals surface area contributed by atoms with E-state index in [-0.39, 0.29) is 5.78 Å². The fraction of sp³-hybridized carbons (Fsp3) is 0.471. The molecule has 5 nitrogen and oxygen atoms in total. The number of carbonyl (C=O) groups excluding carboxylic acids is 3. The first-order valence-electron chi connectivity index (χ1n) is 7.43. The van der Waals surface area contributed by atoms with Gasteiger partial charge in [0.1, 0.15) is 5.78 Å². The molecule has 0 unspecified atom stereocenters. The second kappa shape index (κ2) is 7.59. The van der Waals surface area contributed by atoms with Crippen LogP contribution in [0.15, 0.2) is 24.3 Å². The van der Waals surface area contributed by atoms with E-state index in [1.807, 2.05) is 0 Å². The van der Waals surface area contributed by atoms with Crippen molar-refractivity contribution >= 4 is 29.3 Å². The van der Waals surface area contributed by atoms with Crippen LogP contribution in [0.25, 0.3) is 0 Å². The molecule has 1 fully saturated rings. The smallest absolute Gasteiger partial charge is 0.320 e. The Bertz CT molecular complexity index is 580. The van der Waals surface area contributed by atoms with Gasteiger partial charge in [0.05, 0.1) is 14.2 Å². The van der Waals surface area contributed by atoms with E-state index < -0.39 is 29.7 Å². The molecule has 1 aromatic carbocycles. The Morgan fingerprint density at radius 1 is 1.13 bits per heavy atom. The average molecular weight is 339 g/mol. The second-order valence-corrected chi connectivity index (χ2v) is 6.00. The van der Waals surface area contributed by atoms with Crippen molar-refractivity contribution in [3.8, 4) is 0 Å². The molecular formula is C17H19ClO5. The normalized spacial score (nSPS) is 18.8. The zero-order valence-corrected chi connectivity index (χ0v) is 13.8. The molecule has 2 rings (SSSR count). The Balaban J connectivity index is 2.49. The van der Waals surface area contributed by atoms with Crippen LogP contribution in [0.1, 0.15) is 30.7 Å². The Kier molecular flexibility index (Phi) is 5.77. The highest BCUT2D eigenvalue weighted by Crippen LogP contribution is 2.41. The molecule has 23 heavy (non-hydrogen) atoms. The summed E-state index contributed by atoms with van der Waals surface area (Å²) in [6.07, 6.45) is 1.85. The third-order valence-corrected chi connectivity index (χ3v) is 4.56. The van der Waals surface area contributed by atoms with E-state index in [9.17, 15) is 14.4 Å². The molecule has 0 radical (unpaired) electrons. The molecule has 0 saturated heterocycles. The molecule has 0 aromatic heterocycles. The predicted molar refractivity (Wildman–Crippen MR) is 84.1 cm³/mol. The van der Waals surface area contributed by atoms with E-state index in [1.165, 1.54) is 14.2 Å². The molecule has 1 aliphatic rings. The van der Waals surface area contributed by atoms with E-state index in [1.54, 1.807) is 24.3 Å². The Labute approximate surface area is 139 Å². The Hall–Kier alpha value is -1.88. The van der Waals surface area contributed by atoms with Gasteiger partial charge in [0, 0.05) is 23.3 Å². The van der Waals surface area contributed by atoms with Crippen LogP contribution in [-0.2, 0) is 23.9 Å². The molecule has 1 aliphatic carbocycles. The monoisotopic (exact) mass is 338 g/mol. The van der Waals surface area contributed by atoms with E-state index >= 15 is 0 Å². The van der Waals surface area contributed by atoms with Crippen molar-refractivity contribution in [2.75, 3.05) is 14.2 Å². The van der Waals surface area contributed by atoms with Crippen LogP contribution in [0.3, 0.4) is 0 Å². The van der Waals surface area contributed by atoms with E-state index in [2.05, 4.69) is 0 Å². The molecule has 0 N–H and O–H groups in total. The highest BCUT2D eigenvalue weighted by Gasteiger charge is 2.45. The van der Waals surface area contributed by atoms with Gasteiger partial charge in [0.2, 0.25) is 0 Å². The highest BCUT2D eigenvalue weighted by molar-refractivity contribution is 6.30. The largest absolute Gasteiger partial charge is 0.468 e. The molecule has 1 saturated carbocycles. The van der Waals surface area contributed by atoms with Crippen molar-refractivity contribution in [2.45, 2.75) is 25.2 Å². The molecule has 0 aliphatic heterocycles. The van der Waals surface area contributed by atoms with Gasteiger partial charge >= 0.3 is 11.9 Å². The zero-order chi connectivity index (χ0) is 17.0. The molecule has 124 valence electrons. The minimum absolute atomic E-state index is 0.0581. The number of ketones is 1. The van der Waals surface area contributed by atoms with Gasteiger partial charge in [0.15, 0.2) is 5.92 Å². The third-order valence-electron chi connectivity index (χ3n) is 4.31. The minimum Gasteiger partial charge on any atom is -0.468 e. The first-order chi connectivity index (χ1) is 11.0. The van der Waals surface area contributed by atoms with E-state index in [0.29, 0.717) is 23.4 Å². The molecule has 0 spiro atoms. The number of benzene rings is 1. The van der Waals surface area contributed by atoms with Gasteiger partial charge in [-0.05, 0) is 30.5 Å². The van der Waals surface area contributed by atoms with Crippen molar-refractivity contribution in [3.63, 3.8) is 0 Å². The third kappa shape index (κ3) is 3.72. The van der Waals surface area contributed by atoms with Gasteiger partial charge in [-0.15, -0.1) is 0 Å². The predicted octanol–water partition coefficient (Wildman–Crippen LogP) is 2.76. The van der Waals surface area contributed by atoms with Crippen molar-refractivity contribution in [3.05, 3.63) is 34.9 Å². The van der Waals surface area contributed by atoms with Gasteiger partial charge in [-0.2, -0.15) is 0 Å². The van der Waals surface area contributed by atoms with Crippen LogP contribution in [0, 0.1) is 11.8 Å². The minimum atomic E-state index is -1.17. The summed E-state index contributed by atoms with van der Waals surface area (Å²) in [6.45, 7) is 0. The molecule has 2 atom stereocenters. The SMILES string of the molecule is COC(=O)C(C(=O)OC)[C@@H](c1ccc(Cl)cc1)[C@@H]1CCCC1=O. The van der Waals surface area contributed by atoms with Crippen molar-refractivity contribution in [2.24, 2.45) is 11.8 Å². The number of ether oxygens (including phenoxy) is 2. The number of halogens is 1. The lowest BCUT2D eigenvalue weighted by Crippen LogP contribution is -2.37. The maximum Gasteiger partial charge on any atom is 0.320 e. The van der Waals surface area contributed by atoms with Crippen LogP contribution in [0.4, 0.5) is 0 Å². The van der Waals surface area contributed by atoms with Crippen LogP contribution >= 0.6 is 11.6 Å². The molecule has 1 aromatic rings. The first-order valence-corrected chi connectivity index (χ1v) is 7.81. The van der Waals surface area contributed by atoms with Gasteiger partial charge in [-0.1, -0.05) is 23.7 Å². The van der Waals surface area contributed by atoms with Crippen LogP contribution in [-0.4, -0.2) is 31.9 Å². The van der Waals surface area contributed by atoms with Crippen molar-refractivity contribution in [1.29, 1.82) is 0 Å². The topological polar surface area (TPSA) is 69.7 Å². The van der Waals surface area contributed by atoms with Gasteiger partial charge in [-0.25, -0.2) is 0 Å². The molecule has 6 heteroatoms. The number of esters is 2. The standard InChI is InChI=1S/C17H19ClO5/c1-22-16(20)15(17(21)23-2)14(12-4-3-5-13(12)19)10-6-8-11(18)9-7-10/h6-9,12,14-15H,3-5H2,1-2H3/t12-,14+/m1/s1. The van der Waals surface area contributed by atoms with Crippen LogP contribution < -0.4 is 0 Å². The number of methoxy groups -OCH3 is 2. The maximum atomic E-state index is 12.3. The first kappa shape index (κ1) is 17.5. The number of carbonyl (C=O) groups is 3. The van der Waals surface area contributed by atoms with Gasteiger partial charge in [-0.3, -0.25) is 14.4 Å². The fourth-order valence-electron chi connectivity index (χ4n) is 3.21. The van der Waals surface area contributed by atoms with Crippen molar-refractivity contribution in [1.82, 2.24) is 0 Å². The molecule has 0 heterocycles. The summed E-state index contributed by atoms with van der Waals surface area (Å²) in [7, 11) is 2.43. The summed E-state index contributed by atoms with van der Waals surface area (Å²) >= 11 is 5.91. The summed E-state index contributed by atoms with van der Waals surface area (Å²) in [4.78, 5) is 36.6. The van der Waals surface area contributed by atoms with Gasteiger partial charge in [0.25, 0.3) is 0 Å². The van der Waals surface area contributed by atoms with Crippen molar-refractivity contribution < 1.29 is 23.9 Å². The zero-order valence-electron chi connectivity index (χ0n) is 13.1. The lowest BCUT2D eigenvalue weighted by molar-refractivity contribution is -0.160. The number of rotatable bonds is 5. The van der Waals surface area contributed by atoms with Crippen LogP contribution in [0.5, 0.6) is 0 Å². The van der Waals surface area contributed by atoms with E-state index in [0.717, 1.165) is 6.42 Å². The lowest BCUT2D eigenvalue weighted by atomic mass is 9.75. The van der Waals surface area contributed by atoms with Gasteiger partial charge < -0.3 is 9.47 Å². The summed E-state index contributed by atoms with van der Waals surface area (Å²) in [5, 5.41) is 0.540. The second-order valence-electron chi connectivity index (χ2n) is 5.57. The number of hydrogen-bond acceptors (Lipinski definition) is 5. The summed E-state index contributed by atoms with van der Waals surface area (Å²) in [6, 6.07) is 6.82. The molecule has 0 bridgehead atoms. The van der Waals surface area contributed by atoms with E-state index in [4.69, 9.17) is 21.1 Å². The Morgan fingerprint density at radius 2 is 1.70 bits per heavy atom. The summed E-state index contributed by atoms with van der Waals surface area (Å²) in [5.41, 5.74) is 0.704. The molecule has 0 amide bonds. The summed E-state index contributed by atoms with van der Waals surface area (Å²) < 4.78 is 9.56. The lowest BCUT2D eigenvalue weighted by Gasteiger charge is -2.28. The maximum absolute atomic E-state index is 12.3. The number of hydrogen-bond donors (Lipinski definition) is 0. The molecular weight excluding hydrogens is 320 g/mol.